The molecular weight excluding hydrogens is 570 g/mol. The van der Waals surface area contributed by atoms with Gasteiger partial charge in [-0.1, -0.05) is 0 Å². The van der Waals surface area contributed by atoms with Crippen LogP contribution >= 0.6 is 11.6 Å². The van der Waals surface area contributed by atoms with Crippen molar-refractivity contribution in [3.63, 3.8) is 0 Å². The third-order valence-corrected chi connectivity index (χ3v) is 7.53. The number of carbonyl (C=O) groups is 4. The SMILES string of the molecule is COC(=O)c1c(C)[nH]c2c(OC(=O)N(C)CC(=O)NN)cc3c(c12)[C@H](CCl)CN3C(=O)c1cc2cc(OC)ccc2o1. The van der Waals surface area contributed by atoms with E-state index in [1.54, 1.807) is 38.3 Å². The number of likely N-dealkylation sites (N-methyl/N-ethyl adjacent to an activating group) is 1. The molecule has 0 aliphatic carbocycles. The Balaban J connectivity index is 1.66. The number of furan rings is 1. The summed E-state index contributed by atoms with van der Waals surface area (Å²) in [6, 6.07) is 8.33. The van der Waals surface area contributed by atoms with E-state index in [0.717, 1.165) is 4.90 Å². The van der Waals surface area contributed by atoms with Gasteiger partial charge in [-0.2, -0.15) is 0 Å². The topological polar surface area (TPSA) is 169 Å². The Bertz CT molecular complexity index is 1750. The minimum absolute atomic E-state index is 0.0226. The lowest BCUT2D eigenvalue weighted by atomic mass is 9.95. The Labute approximate surface area is 244 Å². The van der Waals surface area contributed by atoms with Crippen molar-refractivity contribution in [1.29, 1.82) is 0 Å². The van der Waals surface area contributed by atoms with E-state index in [1.807, 2.05) is 5.43 Å². The summed E-state index contributed by atoms with van der Waals surface area (Å²) in [6.45, 7) is 1.49. The fraction of sp³-hybridized carbons (Fsp3) is 0.286. The number of benzene rings is 2. The van der Waals surface area contributed by atoms with Crippen LogP contribution in [0.3, 0.4) is 0 Å². The van der Waals surface area contributed by atoms with E-state index >= 15 is 0 Å². The molecule has 0 saturated heterocycles. The number of fused-ring (bicyclic) bond motifs is 4. The van der Waals surface area contributed by atoms with Crippen molar-refractivity contribution >= 4 is 63.0 Å². The molecule has 4 aromatic rings. The summed E-state index contributed by atoms with van der Waals surface area (Å²) in [4.78, 5) is 57.1. The van der Waals surface area contributed by atoms with Gasteiger partial charge < -0.3 is 33.4 Å². The minimum atomic E-state index is -0.872. The largest absolute Gasteiger partial charge is 0.497 e. The quantitative estimate of drug-likeness (QED) is 0.0949. The second kappa shape index (κ2) is 11.3. The van der Waals surface area contributed by atoms with Gasteiger partial charge in [0.1, 0.15) is 17.9 Å². The Morgan fingerprint density at radius 3 is 2.64 bits per heavy atom. The number of hydrogen-bond donors (Lipinski definition) is 3. The zero-order valence-electron chi connectivity index (χ0n) is 23.2. The molecule has 3 amide bonds. The summed E-state index contributed by atoms with van der Waals surface area (Å²) in [6.07, 6.45) is -0.872. The standard InChI is InChI=1S/C28H28ClN5O8/c1-13-22(27(37)40-4)24-23-15(10-29)11-34(26(36)20-8-14-7-16(39-3)5-6-18(14)41-20)17(23)9-19(25(24)31-13)42-28(38)33(2)12-21(35)32-30/h5-9,15,31H,10-12,30H2,1-4H3,(H,32,35)/t15-/m1/s1. The number of nitrogens with one attached hydrogen (secondary N) is 2. The zero-order valence-corrected chi connectivity index (χ0v) is 24.0. The predicted molar refractivity (Wildman–Crippen MR) is 153 cm³/mol. The molecule has 0 fully saturated rings. The molecule has 1 atom stereocenters. The van der Waals surface area contributed by atoms with Crippen molar-refractivity contribution < 1.29 is 37.8 Å². The molecule has 2 aromatic carbocycles. The van der Waals surface area contributed by atoms with Crippen LogP contribution in [0.1, 0.15) is 38.1 Å². The van der Waals surface area contributed by atoms with Crippen molar-refractivity contribution in [1.82, 2.24) is 15.3 Å². The van der Waals surface area contributed by atoms with Crippen molar-refractivity contribution in [3.8, 4) is 11.5 Å². The first kappa shape index (κ1) is 28.8. The number of carbonyl (C=O) groups excluding carboxylic acids is 4. The van der Waals surface area contributed by atoms with Gasteiger partial charge in [-0.15, -0.1) is 11.6 Å². The van der Waals surface area contributed by atoms with Gasteiger partial charge in [0.2, 0.25) is 0 Å². The number of anilines is 1. The predicted octanol–water partition coefficient (Wildman–Crippen LogP) is 3.42. The van der Waals surface area contributed by atoms with Crippen LogP contribution in [-0.4, -0.2) is 74.0 Å². The number of methoxy groups -OCH3 is 2. The molecule has 0 unspecified atom stereocenters. The number of aromatic nitrogens is 1. The summed E-state index contributed by atoms with van der Waals surface area (Å²) in [5.41, 5.74) is 4.46. The van der Waals surface area contributed by atoms with E-state index in [0.29, 0.717) is 44.6 Å². The highest BCUT2D eigenvalue weighted by Crippen LogP contribution is 2.48. The van der Waals surface area contributed by atoms with E-state index in [2.05, 4.69) is 4.98 Å². The Morgan fingerprint density at radius 2 is 1.98 bits per heavy atom. The van der Waals surface area contributed by atoms with Crippen molar-refractivity contribution in [2.45, 2.75) is 12.8 Å². The number of nitrogens with two attached hydrogens (primary N) is 1. The van der Waals surface area contributed by atoms with Crippen molar-refractivity contribution in [2.24, 2.45) is 5.84 Å². The summed E-state index contributed by atoms with van der Waals surface area (Å²) in [7, 11) is 4.16. The Morgan fingerprint density at radius 1 is 1.21 bits per heavy atom. The molecule has 3 heterocycles. The second-order valence-corrected chi connectivity index (χ2v) is 10.1. The van der Waals surface area contributed by atoms with Gasteiger partial charge in [0.15, 0.2) is 11.5 Å². The first-order valence-corrected chi connectivity index (χ1v) is 13.3. The minimum Gasteiger partial charge on any atom is -0.497 e. The molecule has 2 aromatic heterocycles. The Hall–Kier alpha value is -4.75. The van der Waals surface area contributed by atoms with E-state index in [-0.39, 0.29) is 42.0 Å². The number of hydrazine groups is 1. The van der Waals surface area contributed by atoms with Gasteiger partial charge >= 0.3 is 12.1 Å². The van der Waals surface area contributed by atoms with Crippen LogP contribution in [0.2, 0.25) is 0 Å². The fourth-order valence-corrected chi connectivity index (χ4v) is 5.42. The maximum atomic E-state index is 13.9. The number of aromatic amines is 1. The number of ether oxygens (including phenoxy) is 3. The van der Waals surface area contributed by atoms with Crippen LogP contribution in [0.25, 0.3) is 21.9 Å². The molecule has 0 radical (unpaired) electrons. The van der Waals surface area contributed by atoms with Crippen LogP contribution in [0.5, 0.6) is 11.5 Å². The highest BCUT2D eigenvalue weighted by Gasteiger charge is 2.39. The molecule has 42 heavy (non-hydrogen) atoms. The average molecular weight is 598 g/mol. The zero-order chi connectivity index (χ0) is 30.3. The maximum Gasteiger partial charge on any atom is 0.415 e. The molecule has 1 aliphatic rings. The van der Waals surface area contributed by atoms with Gasteiger partial charge in [0, 0.05) is 47.9 Å². The monoisotopic (exact) mass is 597 g/mol. The van der Waals surface area contributed by atoms with Crippen molar-refractivity contribution in [2.75, 3.05) is 45.1 Å². The van der Waals surface area contributed by atoms with Crippen LogP contribution < -0.4 is 25.6 Å². The number of alkyl halides is 1. The van der Waals surface area contributed by atoms with Crippen LogP contribution in [-0.2, 0) is 9.53 Å². The lowest BCUT2D eigenvalue weighted by Gasteiger charge is -2.19. The van der Waals surface area contributed by atoms with E-state index < -0.39 is 23.9 Å². The number of hydrogen-bond acceptors (Lipinski definition) is 9. The summed E-state index contributed by atoms with van der Waals surface area (Å²) < 4.78 is 21.9. The molecule has 1 aliphatic heterocycles. The Kier molecular flexibility index (Phi) is 7.71. The average Bonchev–Trinajstić information content (AvgIpc) is 3.68. The van der Waals surface area contributed by atoms with E-state index in [1.165, 1.54) is 25.1 Å². The molecule has 14 heteroatoms. The third-order valence-electron chi connectivity index (χ3n) is 7.15. The molecular formula is C28H28ClN5O8. The molecule has 13 nitrogen and oxygen atoms in total. The molecule has 0 spiro atoms. The smallest absolute Gasteiger partial charge is 0.415 e. The summed E-state index contributed by atoms with van der Waals surface area (Å²) in [5, 5.41) is 1.09. The van der Waals surface area contributed by atoms with Crippen LogP contribution in [0.15, 0.2) is 34.7 Å². The van der Waals surface area contributed by atoms with E-state index in [9.17, 15) is 19.2 Å². The first-order chi connectivity index (χ1) is 20.1. The van der Waals surface area contributed by atoms with Crippen LogP contribution in [0.4, 0.5) is 10.5 Å². The molecule has 0 saturated carbocycles. The number of halogens is 1. The second-order valence-electron chi connectivity index (χ2n) is 9.75. The lowest BCUT2D eigenvalue weighted by Crippen LogP contribution is -2.42. The van der Waals surface area contributed by atoms with Gasteiger partial charge in [-0.25, -0.2) is 15.4 Å². The molecule has 220 valence electrons. The first-order valence-electron chi connectivity index (χ1n) is 12.8. The van der Waals surface area contributed by atoms with Crippen LogP contribution in [0, 0.1) is 6.92 Å². The lowest BCUT2D eigenvalue weighted by molar-refractivity contribution is -0.121. The maximum absolute atomic E-state index is 13.9. The number of H-pyrrole nitrogens is 1. The summed E-state index contributed by atoms with van der Waals surface area (Å²) in [5.74, 6) is 3.90. The van der Waals surface area contributed by atoms with Gasteiger partial charge in [0.05, 0.1) is 31.0 Å². The highest BCUT2D eigenvalue weighted by atomic mass is 35.5. The van der Waals surface area contributed by atoms with E-state index in [4.69, 9.17) is 36.1 Å². The van der Waals surface area contributed by atoms with Gasteiger partial charge in [-0.05, 0) is 36.8 Å². The van der Waals surface area contributed by atoms with Crippen molar-refractivity contribution in [3.05, 3.63) is 52.9 Å². The highest BCUT2D eigenvalue weighted by molar-refractivity contribution is 6.20. The normalized spacial score (nSPS) is 14.1. The number of rotatable bonds is 7. The molecule has 0 bridgehead atoms. The van der Waals surface area contributed by atoms with Gasteiger partial charge in [-0.3, -0.25) is 15.0 Å². The number of nitrogens with zero attached hydrogens (tertiary/aromatic N) is 2. The number of amides is 3. The summed E-state index contributed by atoms with van der Waals surface area (Å²) >= 11 is 6.41. The van der Waals surface area contributed by atoms with Gasteiger partial charge in [0.25, 0.3) is 11.8 Å². The molecule has 4 N–H and O–H groups in total. The molecule has 5 rings (SSSR count). The third kappa shape index (κ3) is 4.86. The fourth-order valence-electron chi connectivity index (χ4n) is 5.17. The number of aryl methyl sites for hydroxylation is 1. The number of esters is 1.